The van der Waals surface area contributed by atoms with Gasteiger partial charge in [-0.2, -0.15) is 5.26 Å². The van der Waals surface area contributed by atoms with Crippen molar-refractivity contribution in [1.82, 2.24) is 5.32 Å². The number of nitrogens with zero attached hydrogens (tertiary/aromatic N) is 1. The fourth-order valence-corrected chi connectivity index (χ4v) is 1.85. The number of nitriles is 1. The van der Waals surface area contributed by atoms with Crippen LogP contribution in [-0.2, 0) is 6.54 Å². The maximum atomic E-state index is 8.61. The first kappa shape index (κ1) is 12.1. The fourth-order valence-electron chi connectivity index (χ4n) is 1.19. The van der Waals surface area contributed by atoms with Gasteiger partial charge in [-0.1, -0.05) is 19.1 Å². The Morgan fingerprint density at radius 1 is 1.40 bits per heavy atom. The molecule has 0 fully saturated rings. The highest BCUT2D eigenvalue weighted by Gasteiger charge is 1.98. The largest absolute Gasteiger partial charge is 0.298 e. The molecule has 1 atom stereocenters. The second-order valence-electron chi connectivity index (χ2n) is 3.31. The van der Waals surface area contributed by atoms with E-state index in [0.717, 1.165) is 12.3 Å². The number of thioether (sulfide) groups is 1. The van der Waals surface area contributed by atoms with Crippen molar-refractivity contribution < 1.29 is 0 Å². The van der Waals surface area contributed by atoms with Gasteiger partial charge in [0.05, 0.1) is 12.1 Å². The van der Waals surface area contributed by atoms with Crippen LogP contribution >= 0.6 is 11.8 Å². The third kappa shape index (κ3) is 4.37. The molecule has 0 saturated heterocycles. The van der Waals surface area contributed by atoms with Gasteiger partial charge in [-0.25, -0.2) is 0 Å². The van der Waals surface area contributed by atoms with Crippen LogP contribution in [0.15, 0.2) is 29.2 Å². The minimum absolute atomic E-state index is 0.0882. The smallest absolute Gasteiger partial charge is 0.0927 e. The van der Waals surface area contributed by atoms with E-state index in [1.54, 1.807) is 0 Å². The van der Waals surface area contributed by atoms with Crippen molar-refractivity contribution in [1.29, 1.82) is 5.26 Å². The van der Waals surface area contributed by atoms with Gasteiger partial charge in [0.25, 0.3) is 0 Å². The summed E-state index contributed by atoms with van der Waals surface area (Å²) in [5, 5.41) is 11.7. The van der Waals surface area contributed by atoms with Crippen LogP contribution in [0.1, 0.15) is 19.4 Å². The molecular weight excluding hydrogens is 204 g/mol. The number of rotatable bonds is 5. The van der Waals surface area contributed by atoms with Gasteiger partial charge in [0.15, 0.2) is 0 Å². The lowest BCUT2D eigenvalue weighted by molar-refractivity contribution is 0.642. The van der Waals surface area contributed by atoms with Crippen molar-refractivity contribution in [3.63, 3.8) is 0 Å². The van der Waals surface area contributed by atoms with E-state index >= 15 is 0 Å². The molecule has 0 bridgehead atoms. The number of hydrogen-bond acceptors (Lipinski definition) is 3. The summed E-state index contributed by atoms with van der Waals surface area (Å²) in [6.45, 7) is 4.77. The summed E-state index contributed by atoms with van der Waals surface area (Å²) < 4.78 is 0. The average molecular weight is 220 g/mol. The Hall–Kier alpha value is -0.980. The molecule has 1 aromatic carbocycles. The Morgan fingerprint density at radius 3 is 2.60 bits per heavy atom. The predicted octanol–water partition coefficient (Wildman–Crippen LogP) is 2.80. The van der Waals surface area contributed by atoms with Crippen molar-refractivity contribution in [3.8, 4) is 6.07 Å². The standard InChI is InChI=1S/C12H16N2S/c1-3-15-12-6-4-11(5-7-12)9-14-10(2)8-13/h4-7,10,14H,3,9H2,1-2H3. The van der Waals surface area contributed by atoms with E-state index in [9.17, 15) is 0 Å². The Labute approximate surface area is 95.7 Å². The molecule has 1 N–H and O–H groups in total. The molecule has 0 spiro atoms. The van der Waals surface area contributed by atoms with Crippen LogP contribution in [0.4, 0.5) is 0 Å². The first-order chi connectivity index (χ1) is 7.26. The zero-order chi connectivity index (χ0) is 11.1. The molecule has 1 rings (SSSR count). The Bertz CT molecular complexity index is 326. The number of hydrogen-bond donors (Lipinski definition) is 1. The molecule has 0 heterocycles. The summed E-state index contributed by atoms with van der Waals surface area (Å²) in [7, 11) is 0. The van der Waals surface area contributed by atoms with Crippen molar-refractivity contribution in [3.05, 3.63) is 29.8 Å². The van der Waals surface area contributed by atoms with Crippen LogP contribution in [0.5, 0.6) is 0 Å². The molecule has 0 aromatic heterocycles. The highest BCUT2D eigenvalue weighted by molar-refractivity contribution is 7.99. The molecule has 80 valence electrons. The lowest BCUT2D eigenvalue weighted by atomic mass is 10.2. The molecule has 0 aliphatic carbocycles. The summed E-state index contributed by atoms with van der Waals surface area (Å²) in [6, 6.07) is 10.5. The summed E-state index contributed by atoms with van der Waals surface area (Å²) in [5.41, 5.74) is 1.22. The van der Waals surface area contributed by atoms with Crippen LogP contribution in [0.25, 0.3) is 0 Å². The van der Waals surface area contributed by atoms with Crippen molar-refractivity contribution in [2.24, 2.45) is 0 Å². The topological polar surface area (TPSA) is 35.8 Å². The van der Waals surface area contributed by atoms with Gasteiger partial charge in [-0.3, -0.25) is 5.32 Å². The van der Waals surface area contributed by atoms with Crippen LogP contribution < -0.4 is 5.32 Å². The maximum absolute atomic E-state index is 8.61. The molecule has 0 aliphatic heterocycles. The molecule has 0 saturated carbocycles. The summed E-state index contributed by atoms with van der Waals surface area (Å²) in [4.78, 5) is 1.30. The highest BCUT2D eigenvalue weighted by Crippen LogP contribution is 2.17. The van der Waals surface area contributed by atoms with Gasteiger partial charge >= 0.3 is 0 Å². The Kier molecular flexibility index (Phi) is 5.23. The summed E-state index contributed by atoms with van der Waals surface area (Å²) >= 11 is 1.84. The summed E-state index contributed by atoms with van der Waals surface area (Å²) in [6.07, 6.45) is 0. The zero-order valence-electron chi connectivity index (χ0n) is 9.16. The van der Waals surface area contributed by atoms with E-state index in [-0.39, 0.29) is 6.04 Å². The lowest BCUT2D eigenvalue weighted by Crippen LogP contribution is -2.23. The summed E-state index contributed by atoms with van der Waals surface area (Å²) in [5.74, 6) is 1.10. The second kappa shape index (κ2) is 6.49. The van der Waals surface area contributed by atoms with Gasteiger partial charge in [0.2, 0.25) is 0 Å². The minimum Gasteiger partial charge on any atom is -0.298 e. The monoisotopic (exact) mass is 220 g/mol. The molecule has 2 nitrogen and oxygen atoms in total. The van der Waals surface area contributed by atoms with Crippen LogP contribution in [0.3, 0.4) is 0 Å². The maximum Gasteiger partial charge on any atom is 0.0927 e. The van der Waals surface area contributed by atoms with Crippen molar-refractivity contribution in [2.45, 2.75) is 31.3 Å². The molecule has 3 heteroatoms. The highest BCUT2D eigenvalue weighted by atomic mass is 32.2. The Morgan fingerprint density at radius 2 is 2.07 bits per heavy atom. The van der Waals surface area contributed by atoms with E-state index in [2.05, 4.69) is 42.6 Å². The quantitative estimate of drug-likeness (QED) is 0.775. The average Bonchev–Trinajstić information content (AvgIpc) is 2.28. The van der Waals surface area contributed by atoms with Crippen molar-refractivity contribution >= 4 is 11.8 Å². The number of benzene rings is 1. The van der Waals surface area contributed by atoms with Gasteiger partial charge in [-0.05, 0) is 30.4 Å². The van der Waals surface area contributed by atoms with E-state index < -0.39 is 0 Å². The van der Waals surface area contributed by atoms with Gasteiger partial charge in [0.1, 0.15) is 0 Å². The van der Waals surface area contributed by atoms with E-state index in [1.807, 2.05) is 18.7 Å². The van der Waals surface area contributed by atoms with E-state index in [0.29, 0.717) is 0 Å². The molecule has 1 aromatic rings. The SMILES string of the molecule is CCSc1ccc(CNC(C)C#N)cc1. The minimum atomic E-state index is -0.0882. The molecule has 1 unspecified atom stereocenters. The van der Waals surface area contributed by atoms with Gasteiger partial charge < -0.3 is 0 Å². The molecule has 0 aliphatic rings. The Balaban J connectivity index is 2.46. The third-order valence-corrected chi connectivity index (χ3v) is 2.93. The molecule has 0 amide bonds. The van der Waals surface area contributed by atoms with E-state index in [4.69, 9.17) is 5.26 Å². The molecule has 15 heavy (non-hydrogen) atoms. The van der Waals surface area contributed by atoms with Crippen molar-refractivity contribution in [2.75, 3.05) is 5.75 Å². The van der Waals surface area contributed by atoms with Gasteiger partial charge in [-0.15, -0.1) is 11.8 Å². The number of nitrogens with one attached hydrogen (secondary N) is 1. The lowest BCUT2D eigenvalue weighted by Gasteiger charge is -2.06. The first-order valence-corrected chi connectivity index (χ1v) is 6.09. The molecule has 0 radical (unpaired) electrons. The second-order valence-corrected chi connectivity index (χ2v) is 4.65. The van der Waals surface area contributed by atoms with Crippen LogP contribution in [-0.4, -0.2) is 11.8 Å². The van der Waals surface area contributed by atoms with E-state index in [1.165, 1.54) is 10.5 Å². The third-order valence-electron chi connectivity index (χ3n) is 2.04. The molecular formula is C12H16N2S. The predicted molar refractivity (Wildman–Crippen MR) is 64.8 cm³/mol. The zero-order valence-corrected chi connectivity index (χ0v) is 9.97. The first-order valence-electron chi connectivity index (χ1n) is 5.11. The van der Waals surface area contributed by atoms with Crippen LogP contribution in [0.2, 0.25) is 0 Å². The normalized spacial score (nSPS) is 12.1. The van der Waals surface area contributed by atoms with Crippen LogP contribution in [0, 0.1) is 11.3 Å². The fraction of sp³-hybridized carbons (Fsp3) is 0.417. The van der Waals surface area contributed by atoms with Gasteiger partial charge in [0, 0.05) is 11.4 Å².